The Hall–Kier alpha value is -1.35. The molecule has 5 nitrogen and oxygen atoms in total. The van der Waals surface area contributed by atoms with Crippen molar-refractivity contribution in [2.24, 2.45) is 4.99 Å². The third-order valence-electron chi connectivity index (χ3n) is 3.62. The number of hydrogen-bond donors (Lipinski definition) is 2. The highest BCUT2D eigenvalue weighted by molar-refractivity contribution is 14.0. The number of thiazole rings is 1. The molecule has 2 aromatic rings. The molecule has 1 atom stereocenters. The first-order valence-electron chi connectivity index (χ1n) is 8.09. The monoisotopic (exact) mass is 474 g/mol. The fourth-order valence-corrected chi connectivity index (χ4v) is 3.19. The number of ether oxygens (including phenoxy) is 1. The van der Waals surface area contributed by atoms with Crippen molar-refractivity contribution in [1.82, 2.24) is 15.6 Å². The smallest absolute Gasteiger partial charge is 0.191 e. The van der Waals surface area contributed by atoms with Crippen LogP contribution in [0.5, 0.6) is 5.75 Å². The van der Waals surface area contributed by atoms with Gasteiger partial charge in [-0.05, 0) is 39.3 Å². The van der Waals surface area contributed by atoms with E-state index in [1.165, 1.54) is 4.88 Å². The van der Waals surface area contributed by atoms with Crippen molar-refractivity contribution >= 4 is 41.3 Å². The van der Waals surface area contributed by atoms with E-state index < -0.39 is 0 Å². The quantitative estimate of drug-likeness (QED) is 0.380. The van der Waals surface area contributed by atoms with Gasteiger partial charge in [0.2, 0.25) is 0 Å². The number of benzene rings is 1. The van der Waals surface area contributed by atoms with Gasteiger partial charge in [-0.15, -0.1) is 35.3 Å². The van der Waals surface area contributed by atoms with E-state index in [4.69, 9.17) is 4.74 Å². The van der Waals surface area contributed by atoms with Gasteiger partial charge in [-0.3, -0.25) is 4.99 Å². The van der Waals surface area contributed by atoms with E-state index >= 15 is 0 Å². The van der Waals surface area contributed by atoms with Gasteiger partial charge in [0, 0.05) is 11.9 Å². The molecule has 1 heterocycles. The summed E-state index contributed by atoms with van der Waals surface area (Å²) in [6, 6.07) is 8.05. The summed E-state index contributed by atoms with van der Waals surface area (Å²) in [5.41, 5.74) is 2.22. The summed E-state index contributed by atoms with van der Waals surface area (Å²) in [4.78, 5) is 9.94. The van der Waals surface area contributed by atoms with Crippen LogP contribution in [0.25, 0.3) is 0 Å². The Morgan fingerprint density at radius 1 is 1.24 bits per heavy atom. The maximum Gasteiger partial charge on any atom is 0.191 e. The number of nitrogens with zero attached hydrogens (tertiary/aromatic N) is 2. The molecule has 0 saturated carbocycles. The van der Waals surface area contributed by atoms with E-state index in [2.05, 4.69) is 33.6 Å². The Morgan fingerprint density at radius 3 is 2.56 bits per heavy atom. The number of para-hydroxylation sites is 1. The Morgan fingerprint density at radius 2 is 1.96 bits per heavy atom. The molecule has 0 amide bonds. The van der Waals surface area contributed by atoms with Crippen molar-refractivity contribution in [3.05, 3.63) is 45.4 Å². The lowest BCUT2D eigenvalue weighted by atomic mass is 10.2. The average molecular weight is 474 g/mol. The second-order valence-corrected chi connectivity index (χ2v) is 7.03. The number of aliphatic imine (C=N–C) groups is 1. The van der Waals surface area contributed by atoms with E-state index in [-0.39, 0.29) is 30.1 Å². The predicted octanol–water partition coefficient (Wildman–Crippen LogP) is 3.82. The lowest BCUT2D eigenvalue weighted by Crippen LogP contribution is -2.41. The molecule has 0 spiro atoms. The number of guanidine groups is 1. The van der Waals surface area contributed by atoms with Crippen molar-refractivity contribution < 1.29 is 4.74 Å². The van der Waals surface area contributed by atoms with E-state index in [0.717, 1.165) is 34.5 Å². The Balaban J connectivity index is 0.00000312. The van der Waals surface area contributed by atoms with Crippen LogP contribution in [-0.2, 0) is 6.54 Å². The minimum absolute atomic E-state index is 0. The van der Waals surface area contributed by atoms with Gasteiger partial charge in [-0.1, -0.05) is 18.2 Å². The highest BCUT2D eigenvalue weighted by atomic mass is 127. The topological polar surface area (TPSA) is 58.5 Å². The van der Waals surface area contributed by atoms with Gasteiger partial charge in [0.15, 0.2) is 5.96 Å². The van der Waals surface area contributed by atoms with Gasteiger partial charge in [-0.25, -0.2) is 4.98 Å². The number of hydrogen-bond acceptors (Lipinski definition) is 4. The first-order chi connectivity index (χ1) is 11.5. The van der Waals surface area contributed by atoms with Crippen LogP contribution in [0.2, 0.25) is 0 Å². The van der Waals surface area contributed by atoms with Crippen LogP contribution in [0.3, 0.4) is 0 Å². The maximum atomic E-state index is 5.97. The van der Waals surface area contributed by atoms with Crippen LogP contribution in [0.1, 0.15) is 28.1 Å². The summed E-state index contributed by atoms with van der Waals surface area (Å²) < 4.78 is 5.97. The molecule has 0 aliphatic carbocycles. The lowest BCUT2D eigenvalue weighted by molar-refractivity contribution is 0.222. The first kappa shape index (κ1) is 21.7. The third kappa shape index (κ3) is 6.81. The van der Waals surface area contributed by atoms with Crippen LogP contribution in [0.4, 0.5) is 0 Å². The minimum atomic E-state index is 0. The SMILES string of the molecule is CN=C(NCc1sc(C)nc1C)NCC(C)Oc1ccccc1C.I. The molecule has 7 heteroatoms. The summed E-state index contributed by atoms with van der Waals surface area (Å²) >= 11 is 1.71. The van der Waals surface area contributed by atoms with E-state index in [9.17, 15) is 0 Å². The number of rotatable bonds is 6. The standard InChI is InChI=1S/C18H26N4OS.HI/c1-12-8-6-7-9-16(12)23-13(2)10-20-18(19-5)21-11-17-14(3)22-15(4)24-17;/h6-9,13H,10-11H2,1-5H3,(H2,19,20,21);1H. The second-order valence-electron chi connectivity index (χ2n) is 5.74. The normalized spacial score (nSPS) is 12.3. The molecule has 0 fully saturated rings. The molecule has 1 unspecified atom stereocenters. The van der Waals surface area contributed by atoms with Crippen molar-refractivity contribution in [2.75, 3.05) is 13.6 Å². The van der Waals surface area contributed by atoms with E-state index in [1.807, 2.05) is 39.0 Å². The summed E-state index contributed by atoms with van der Waals surface area (Å²) in [6.07, 6.45) is 0.0389. The predicted molar refractivity (Wildman–Crippen MR) is 116 cm³/mol. The molecule has 2 rings (SSSR count). The van der Waals surface area contributed by atoms with Crippen LogP contribution in [0.15, 0.2) is 29.3 Å². The highest BCUT2D eigenvalue weighted by Crippen LogP contribution is 2.18. The largest absolute Gasteiger partial charge is 0.489 e. The molecule has 0 radical (unpaired) electrons. The zero-order chi connectivity index (χ0) is 17.5. The van der Waals surface area contributed by atoms with E-state index in [0.29, 0.717) is 6.54 Å². The van der Waals surface area contributed by atoms with Crippen LogP contribution >= 0.6 is 35.3 Å². The molecule has 0 aliphatic rings. The fraction of sp³-hybridized carbons (Fsp3) is 0.444. The lowest BCUT2D eigenvalue weighted by Gasteiger charge is -2.18. The molecule has 0 bridgehead atoms. The van der Waals surface area contributed by atoms with Crippen LogP contribution in [-0.4, -0.2) is 30.6 Å². The Kier molecular flexibility index (Phi) is 9.20. The summed E-state index contributed by atoms with van der Waals surface area (Å²) in [5, 5.41) is 7.72. The minimum Gasteiger partial charge on any atom is -0.489 e. The van der Waals surface area contributed by atoms with Gasteiger partial charge in [0.1, 0.15) is 11.9 Å². The van der Waals surface area contributed by atoms with Gasteiger partial charge in [-0.2, -0.15) is 0 Å². The molecular formula is C18H27IN4OS. The van der Waals surface area contributed by atoms with Gasteiger partial charge in [0.25, 0.3) is 0 Å². The van der Waals surface area contributed by atoms with Crippen LogP contribution < -0.4 is 15.4 Å². The Bertz CT molecular complexity index is 702. The molecule has 1 aromatic heterocycles. The summed E-state index contributed by atoms with van der Waals surface area (Å²) in [6.45, 7) is 9.56. The Labute approximate surface area is 171 Å². The molecular weight excluding hydrogens is 447 g/mol. The van der Waals surface area contributed by atoms with E-state index in [1.54, 1.807) is 18.4 Å². The molecule has 25 heavy (non-hydrogen) atoms. The van der Waals surface area contributed by atoms with Gasteiger partial charge < -0.3 is 15.4 Å². The summed E-state index contributed by atoms with van der Waals surface area (Å²) in [7, 11) is 1.77. The molecule has 0 aliphatic heterocycles. The number of halogens is 1. The van der Waals surface area contributed by atoms with Gasteiger partial charge >= 0.3 is 0 Å². The van der Waals surface area contributed by atoms with Crippen molar-refractivity contribution in [1.29, 1.82) is 0 Å². The van der Waals surface area contributed by atoms with Crippen molar-refractivity contribution in [2.45, 2.75) is 40.3 Å². The molecule has 138 valence electrons. The fourth-order valence-electron chi connectivity index (χ4n) is 2.31. The third-order valence-corrected chi connectivity index (χ3v) is 4.69. The second kappa shape index (κ2) is 10.6. The zero-order valence-corrected chi connectivity index (χ0v) is 18.6. The number of aryl methyl sites for hydroxylation is 3. The number of aromatic nitrogens is 1. The zero-order valence-electron chi connectivity index (χ0n) is 15.4. The molecule has 0 saturated heterocycles. The maximum absolute atomic E-state index is 5.97. The van der Waals surface area contributed by atoms with Crippen LogP contribution in [0, 0.1) is 20.8 Å². The van der Waals surface area contributed by atoms with Crippen molar-refractivity contribution in [3.8, 4) is 5.75 Å². The number of nitrogens with one attached hydrogen (secondary N) is 2. The average Bonchev–Trinajstić information content (AvgIpc) is 2.87. The van der Waals surface area contributed by atoms with Crippen molar-refractivity contribution in [3.63, 3.8) is 0 Å². The van der Waals surface area contributed by atoms with Gasteiger partial charge in [0.05, 0.1) is 23.8 Å². The molecule has 1 aromatic carbocycles. The summed E-state index contributed by atoms with van der Waals surface area (Å²) in [5.74, 6) is 1.69. The molecule has 2 N–H and O–H groups in total. The first-order valence-corrected chi connectivity index (χ1v) is 8.91. The highest BCUT2D eigenvalue weighted by Gasteiger charge is 2.09.